The highest BCUT2D eigenvalue weighted by Gasteiger charge is 2.12. The summed E-state index contributed by atoms with van der Waals surface area (Å²) < 4.78 is 13.5. The zero-order chi connectivity index (χ0) is 8.43. The van der Waals surface area contributed by atoms with Gasteiger partial charge in [-0.05, 0) is 0 Å². The van der Waals surface area contributed by atoms with E-state index < -0.39 is 6.08 Å². The smallest absolute Gasteiger partial charge is 0.291 e. The molecule has 1 heterocycles. The third-order valence-corrected chi connectivity index (χ3v) is 1.25. The Bertz CT molecular complexity index is 365. The van der Waals surface area contributed by atoms with Gasteiger partial charge in [-0.2, -0.15) is 19.9 Å². The summed E-state index contributed by atoms with van der Waals surface area (Å²) >= 11 is 0. The van der Waals surface area contributed by atoms with E-state index >= 15 is 0 Å². The lowest BCUT2D eigenvalue weighted by atomic mass is 10.4. The van der Waals surface area contributed by atoms with E-state index in [2.05, 4.69) is 4.98 Å². The van der Waals surface area contributed by atoms with Crippen LogP contribution in [0.25, 0.3) is 0 Å². The van der Waals surface area contributed by atoms with E-state index in [9.17, 15) is 4.39 Å². The third-order valence-electron chi connectivity index (χ3n) is 1.25. The minimum Gasteiger partial charge on any atom is -0.294 e. The average Bonchev–Trinajstić information content (AvgIpc) is 2.28. The Balaban J connectivity index is 3.45. The number of aromatic nitrogens is 2. The van der Waals surface area contributed by atoms with Crippen LogP contribution in [0.1, 0.15) is 11.4 Å². The van der Waals surface area contributed by atoms with E-state index in [1.54, 1.807) is 12.1 Å². The molecule has 0 aliphatic rings. The van der Waals surface area contributed by atoms with Gasteiger partial charge in [-0.15, -0.1) is 0 Å². The Labute approximate surface area is 62.1 Å². The molecule has 0 aliphatic carbocycles. The molecule has 0 fully saturated rings. The van der Waals surface area contributed by atoms with Gasteiger partial charge in [-0.3, -0.25) is 4.57 Å². The minimum atomic E-state index is -0.821. The molecule has 0 N–H and O–H groups in total. The quantitative estimate of drug-likeness (QED) is 0.534. The Morgan fingerprint density at radius 2 is 2.09 bits per heavy atom. The number of hydrogen-bond donors (Lipinski definition) is 0. The van der Waals surface area contributed by atoms with Gasteiger partial charge in [0.25, 0.3) is 6.08 Å². The molecule has 0 unspecified atom stereocenters. The monoisotopic (exact) mass is 150 g/mol. The first-order valence-electron chi connectivity index (χ1n) is 2.73. The van der Waals surface area contributed by atoms with E-state index in [-0.39, 0.29) is 11.4 Å². The molecule has 1 aromatic heterocycles. The number of imidazole rings is 1. The summed E-state index contributed by atoms with van der Waals surface area (Å²) in [6, 6.07) is 3.29. The molecule has 1 rings (SSSR count). The van der Waals surface area contributed by atoms with Crippen molar-refractivity contribution >= 4 is 0 Å². The summed E-state index contributed by atoms with van der Waals surface area (Å²) in [5.74, 6) is 0. The van der Waals surface area contributed by atoms with Gasteiger partial charge in [0.15, 0.2) is 11.4 Å². The predicted molar refractivity (Wildman–Crippen MR) is 32.6 cm³/mol. The van der Waals surface area contributed by atoms with Gasteiger partial charge in [0, 0.05) is 7.05 Å². The van der Waals surface area contributed by atoms with E-state index in [0.717, 1.165) is 4.57 Å². The fourth-order valence-electron chi connectivity index (χ4n) is 0.677. The second kappa shape index (κ2) is 2.39. The van der Waals surface area contributed by atoms with E-state index in [1.165, 1.54) is 7.05 Å². The normalized spacial score (nSPS) is 8.73. The first-order valence-corrected chi connectivity index (χ1v) is 2.73. The fraction of sp³-hybridized carbons (Fsp3) is 0.167. The van der Waals surface area contributed by atoms with Crippen molar-refractivity contribution in [2.45, 2.75) is 0 Å². The maximum Gasteiger partial charge on any atom is 0.291 e. The standard InChI is InChI=1S/C6H3FN4/c1-11-5(3-9)4(2-8)10-6(11)7/h1H3. The Morgan fingerprint density at radius 1 is 1.45 bits per heavy atom. The van der Waals surface area contributed by atoms with Gasteiger partial charge in [0.1, 0.15) is 12.1 Å². The van der Waals surface area contributed by atoms with Gasteiger partial charge in [0.05, 0.1) is 0 Å². The number of rotatable bonds is 0. The second-order valence-electron chi connectivity index (χ2n) is 1.86. The van der Waals surface area contributed by atoms with Crippen molar-refractivity contribution in [1.29, 1.82) is 10.5 Å². The fourth-order valence-corrected chi connectivity index (χ4v) is 0.677. The lowest BCUT2D eigenvalue weighted by molar-refractivity contribution is 0.499. The molecule has 4 nitrogen and oxygen atoms in total. The zero-order valence-electron chi connectivity index (χ0n) is 5.67. The first kappa shape index (κ1) is 7.23. The van der Waals surface area contributed by atoms with Crippen LogP contribution in [0.5, 0.6) is 0 Å². The molecule has 0 bridgehead atoms. The molecule has 0 amide bonds. The van der Waals surface area contributed by atoms with Crippen LogP contribution in [0.4, 0.5) is 4.39 Å². The van der Waals surface area contributed by atoms with Crippen molar-refractivity contribution < 1.29 is 4.39 Å². The van der Waals surface area contributed by atoms with Crippen LogP contribution in [-0.4, -0.2) is 9.55 Å². The van der Waals surface area contributed by atoms with Gasteiger partial charge in [-0.1, -0.05) is 0 Å². The summed E-state index contributed by atoms with van der Waals surface area (Å²) in [6.07, 6.45) is -0.821. The summed E-state index contributed by atoms with van der Waals surface area (Å²) in [7, 11) is 1.34. The van der Waals surface area contributed by atoms with Crippen LogP contribution in [0.15, 0.2) is 0 Å². The van der Waals surface area contributed by atoms with E-state index in [1.807, 2.05) is 0 Å². The van der Waals surface area contributed by atoms with Gasteiger partial charge in [-0.25, -0.2) is 0 Å². The van der Waals surface area contributed by atoms with Crippen LogP contribution >= 0.6 is 0 Å². The largest absolute Gasteiger partial charge is 0.294 e. The van der Waals surface area contributed by atoms with Gasteiger partial charge < -0.3 is 0 Å². The maximum absolute atomic E-state index is 12.5. The average molecular weight is 150 g/mol. The van der Waals surface area contributed by atoms with E-state index in [0.29, 0.717) is 0 Å². The molecular formula is C6H3FN4. The number of hydrogen-bond acceptors (Lipinski definition) is 3. The van der Waals surface area contributed by atoms with Crippen molar-refractivity contribution in [2.24, 2.45) is 7.05 Å². The third kappa shape index (κ3) is 0.926. The highest BCUT2D eigenvalue weighted by atomic mass is 19.1. The topological polar surface area (TPSA) is 65.4 Å². The van der Waals surface area contributed by atoms with Crippen molar-refractivity contribution in [3.63, 3.8) is 0 Å². The molecule has 0 aromatic carbocycles. The molecule has 5 heteroatoms. The van der Waals surface area contributed by atoms with Crippen molar-refractivity contribution in [3.8, 4) is 12.1 Å². The Hall–Kier alpha value is -1.88. The lowest BCUT2D eigenvalue weighted by Gasteiger charge is -1.88. The maximum atomic E-state index is 12.5. The highest BCUT2D eigenvalue weighted by Crippen LogP contribution is 2.05. The molecule has 0 saturated carbocycles. The molecule has 0 saturated heterocycles. The molecule has 0 atom stereocenters. The molecule has 0 radical (unpaired) electrons. The van der Waals surface area contributed by atoms with Crippen LogP contribution in [-0.2, 0) is 7.05 Å². The molecular weight excluding hydrogens is 147 g/mol. The highest BCUT2D eigenvalue weighted by molar-refractivity contribution is 5.35. The SMILES string of the molecule is Cn1c(F)nc(C#N)c1C#N. The Morgan fingerprint density at radius 3 is 2.45 bits per heavy atom. The predicted octanol–water partition coefficient (Wildman–Crippen LogP) is 0.303. The summed E-state index contributed by atoms with van der Waals surface area (Å²) in [6.45, 7) is 0. The van der Waals surface area contributed by atoms with Gasteiger partial charge in [0.2, 0.25) is 0 Å². The van der Waals surface area contributed by atoms with Crippen LogP contribution in [0.3, 0.4) is 0 Å². The van der Waals surface area contributed by atoms with Crippen LogP contribution in [0.2, 0.25) is 0 Å². The molecule has 54 valence electrons. The van der Waals surface area contributed by atoms with Crippen LogP contribution in [0, 0.1) is 28.7 Å². The Kier molecular flexibility index (Phi) is 1.57. The van der Waals surface area contributed by atoms with Crippen molar-refractivity contribution in [2.75, 3.05) is 0 Å². The first-order chi connectivity index (χ1) is 5.20. The molecule has 11 heavy (non-hydrogen) atoms. The number of nitrogens with zero attached hydrogens (tertiary/aromatic N) is 4. The summed E-state index contributed by atoms with van der Waals surface area (Å²) in [4.78, 5) is 3.21. The summed E-state index contributed by atoms with van der Waals surface area (Å²) in [5, 5.41) is 16.8. The lowest BCUT2D eigenvalue weighted by Crippen LogP contribution is -1.95. The number of nitriles is 2. The number of halogens is 1. The zero-order valence-corrected chi connectivity index (χ0v) is 5.67. The minimum absolute atomic E-state index is 0.0509. The van der Waals surface area contributed by atoms with E-state index in [4.69, 9.17) is 10.5 Å². The van der Waals surface area contributed by atoms with Crippen molar-refractivity contribution in [1.82, 2.24) is 9.55 Å². The summed E-state index contributed by atoms with van der Waals surface area (Å²) in [5.41, 5.74) is -0.225. The second-order valence-corrected chi connectivity index (χ2v) is 1.86. The van der Waals surface area contributed by atoms with Crippen molar-refractivity contribution in [3.05, 3.63) is 17.5 Å². The molecule has 1 aromatic rings. The molecule has 0 aliphatic heterocycles. The van der Waals surface area contributed by atoms with Gasteiger partial charge >= 0.3 is 0 Å². The van der Waals surface area contributed by atoms with Crippen LogP contribution < -0.4 is 0 Å². The molecule has 0 spiro atoms.